The third-order valence-electron chi connectivity index (χ3n) is 6.22. The van der Waals surface area contributed by atoms with E-state index in [0.29, 0.717) is 33.0 Å². The van der Waals surface area contributed by atoms with Crippen LogP contribution in [0.3, 0.4) is 0 Å². The highest BCUT2D eigenvalue weighted by Gasteiger charge is 2.27. The molecule has 2 aromatic carbocycles. The number of nitrogen functional groups attached to an aromatic ring is 1. The minimum atomic E-state index is -0.308. The van der Waals surface area contributed by atoms with Gasteiger partial charge in [-0.15, -0.1) is 0 Å². The van der Waals surface area contributed by atoms with Gasteiger partial charge in [-0.2, -0.15) is 0 Å². The van der Waals surface area contributed by atoms with Gasteiger partial charge in [-0.05, 0) is 61.2 Å². The lowest BCUT2D eigenvalue weighted by molar-refractivity contribution is 0.0198. The second-order valence-electron chi connectivity index (χ2n) is 7.96. The van der Waals surface area contributed by atoms with Gasteiger partial charge in [0.15, 0.2) is 5.13 Å². The molecule has 0 amide bonds. The predicted molar refractivity (Wildman–Crippen MR) is 117 cm³/mol. The third-order valence-corrected chi connectivity index (χ3v) is 7.41. The number of rotatable bonds is 1. The van der Waals surface area contributed by atoms with E-state index in [1.54, 1.807) is 6.07 Å². The summed E-state index contributed by atoms with van der Waals surface area (Å²) < 4.78 is 20.9. The number of halogens is 2. The number of hydrogen-bond acceptors (Lipinski definition) is 5. The number of benzene rings is 2. The molecule has 0 unspecified atom stereocenters. The Labute approximate surface area is 178 Å². The molecule has 5 rings (SSSR count). The lowest BCUT2D eigenvalue weighted by Gasteiger charge is -2.38. The van der Waals surface area contributed by atoms with Crippen LogP contribution in [0.25, 0.3) is 21.3 Å². The van der Waals surface area contributed by atoms with Gasteiger partial charge in [0, 0.05) is 28.7 Å². The smallest absolute Gasteiger partial charge is 0.181 e. The van der Waals surface area contributed by atoms with E-state index in [-0.39, 0.29) is 5.82 Å². The molecule has 3 aromatic rings. The van der Waals surface area contributed by atoms with Crippen molar-refractivity contribution in [3.05, 3.63) is 45.7 Å². The fraction of sp³-hybridized carbons (Fsp3) is 0.409. The minimum absolute atomic E-state index is 0.308. The fourth-order valence-electron chi connectivity index (χ4n) is 4.72. The molecule has 152 valence electrons. The maximum atomic E-state index is 14.3. The number of hydrogen-bond donors (Lipinski definition) is 1. The number of piperidine rings is 1. The first-order chi connectivity index (χ1) is 14.0. The monoisotopic (exact) mass is 431 g/mol. The number of thiazole rings is 1. The van der Waals surface area contributed by atoms with Crippen LogP contribution >= 0.6 is 22.9 Å². The standard InChI is InChI=1S/C22H23ClFN3OS/c1-12-16-11-28-10-14-4-2-3-7-27(14)9-13(16)8-17(23)19(12)15-5-6-18(24)21-20(15)26-22(25)29-21/h5-6,8,14H,2-4,7,9-11H2,1H3,(H2,25,26)/t14-/m1/s1. The number of ether oxygens (including phenoxy) is 1. The van der Waals surface area contributed by atoms with Crippen LogP contribution in [0, 0.1) is 12.7 Å². The van der Waals surface area contributed by atoms with E-state index in [4.69, 9.17) is 22.1 Å². The molecule has 0 aliphatic carbocycles. The van der Waals surface area contributed by atoms with Crippen molar-refractivity contribution in [1.29, 1.82) is 0 Å². The molecule has 1 aromatic heterocycles. The first-order valence-electron chi connectivity index (χ1n) is 10.0. The summed E-state index contributed by atoms with van der Waals surface area (Å²) in [6.45, 7) is 5.40. The van der Waals surface area contributed by atoms with E-state index < -0.39 is 0 Å². The number of nitrogens with zero attached hydrogens (tertiary/aromatic N) is 2. The minimum Gasteiger partial charge on any atom is -0.375 e. The quantitative estimate of drug-likeness (QED) is 0.550. The van der Waals surface area contributed by atoms with Crippen molar-refractivity contribution >= 4 is 38.3 Å². The van der Waals surface area contributed by atoms with Gasteiger partial charge in [0.1, 0.15) is 5.82 Å². The maximum absolute atomic E-state index is 14.3. The molecular weight excluding hydrogens is 409 g/mol. The second kappa shape index (κ2) is 7.51. The van der Waals surface area contributed by atoms with Crippen LogP contribution in [0.15, 0.2) is 18.2 Å². The van der Waals surface area contributed by atoms with Crippen molar-refractivity contribution in [1.82, 2.24) is 9.88 Å². The highest BCUT2D eigenvalue weighted by atomic mass is 35.5. The normalized spacial score (nSPS) is 20.2. The molecule has 1 saturated heterocycles. The molecule has 3 heterocycles. The first kappa shape index (κ1) is 19.2. The topological polar surface area (TPSA) is 51.4 Å². The molecule has 0 saturated carbocycles. The lowest BCUT2D eigenvalue weighted by atomic mass is 9.91. The number of aromatic nitrogens is 1. The molecule has 2 aliphatic rings. The Balaban J connectivity index is 1.65. The Bertz CT molecular complexity index is 1100. The van der Waals surface area contributed by atoms with Gasteiger partial charge < -0.3 is 10.5 Å². The summed E-state index contributed by atoms with van der Waals surface area (Å²) in [6, 6.07) is 5.77. The maximum Gasteiger partial charge on any atom is 0.181 e. The van der Waals surface area contributed by atoms with Crippen LogP contribution in [0.2, 0.25) is 5.02 Å². The van der Waals surface area contributed by atoms with Crippen molar-refractivity contribution in [2.75, 3.05) is 18.9 Å². The molecule has 7 heteroatoms. The number of fused-ring (bicyclic) bond motifs is 3. The van der Waals surface area contributed by atoms with Crippen molar-refractivity contribution in [2.45, 2.75) is 45.4 Å². The Morgan fingerprint density at radius 3 is 3.07 bits per heavy atom. The molecule has 2 aliphatic heterocycles. The summed E-state index contributed by atoms with van der Waals surface area (Å²) in [5, 5.41) is 1.01. The van der Waals surface area contributed by atoms with Crippen LogP contribution in [0.1, 0.15) is 36.0 Å². The lowest BCUT2D eigenvalue weighted by Crippen LogP contribution is -2.43. The van der Waals surface area contributed by atoms with Crippen molar-refractivity contribution in [3.63, 3.8) is 0 Å². The molecule has 0 bridgehead atoms. The van der Waals surface area contributed by atoms with Crippen LogP contribution in [0.4, 0.5) is 9.52 Å². The summed E-state index contributed by atoms with van der Waals surface area (Å²) in [7, 11) is 0. The van der Waals surface area contributed by atoms with Crippen molar-refractivity contribution in [2.24, 2.45) is 0 Å². The van der Waals surface area contributed by atoms with Crippen molar-refractivity contribution < 1.29 is 9.13 Å². The molecule has 29 heavy (non-hydrogen) atoms. The molecule has 2 N–H and O–H groups in total. The zero-order valence-corrected chi connectivity index (χ0v) is 17.9. The number of anilines is 1. The van der Waals surface area contributed by atoms with Crippen LogP contribution in [-0.2, 0) is 17.9 Å². The average molecular weight is 432 g/mol. The van der Waals surface area contributed by atoms with Crippen molar-refractivity contribution in [3.8, 4) is 11.1 Å². The summed E-state index contributed by atoms with van der Waals surface area (Å²) in [5.74, 6) is -0.308. The SMILES string of the molecule is Cc1c2c(cc(Cl)c1-c1ccc(F)c3sc(N)nc13)CN1CCCC[C@@H]1COC2. The Morgan fingerprint density at radius 1 is 1.34 bits per heavy atom. The summed E-state index contributed by atoms with van der Waals surface area (Å²) in [5.41, 5.74) is 11.6. The highest BCUT2D eigenvalue weighted by Crippen LogP contribution is 2.42. The molecule has 0 spiro atoms. The molecule has 0 radical (unpaired) electrons. The van der Waals surface area contributed by atoms with Gasteiger partial charge in [-0.3, -0.25) is 4.90 Å². The van der Waals surface area contributed by atoms with Gasteiger partial charge >= 0.3 is 0 Å². The summed E-state index contributed by atoms with van der Waals surface area (Å²) in [4.78, 5) is 6.91. The molecule has 1 atom stereocenters. The summed E-state index contributed by atoms with van der Waals surface area (Å²) >= 11 is 7.97. The molecule has 1 fully saturated rings. The van der Waals surface area contributed by atoms with Crippen LogP contribution in [-0.4, -0.2) is 29.1 Å². The van der Waals surface area contributed by atoms with E-state index >= 15 is 0 Å². The van der Waals surface area contributed by atoms with E-state index in [1.807, 2.05) is 0 Å². The predicted octanol–water partition coefficient (Wildman–Crippen LogP) is 5.53. The van der Waals surface area contributed by atoms with E-state index in [0.717, 1.165) is 47.7 Å². The zero-order chi connectivity index (χ0) is 20.1. The van der Waals surface area contributed by atoms with E-state index in [1.165, 1.54) is 36.5 Å². The Kier molecular flexibility index (Phi) is 4.98. The highest BCUT2D eigenvalue weighted by molar-refractivity contribution is 7.22. The Morgan fingerprint density at radius 2 is 2.21 bits per heavy atom. The van der Waals surface area contributed by atoms with E-state index in [2.05, 4.69) is 22.9 Å². The van der Waals surface area contributed by atoms with Gasteiger partial charge in [0.2, 0.25) is 0 Å². The van der Waals surface area contributed by atoms with Gasteiger partial charge in [0.05, 0.1) is 23.4 Å². The molecule has 4 nitrogen and oxygen atoms in total. The average Bonchev–Trinajstić information content (AvgIpc) is 3.07. The van der Waals surface area contributed by atoms with Crippen LogP contribution < -0.4 is 5.73 Å². The first-order valence-corrected chi connectivity index (χ1v) is 11.2. The fourth-order valence-corrected chi connectivity index (χ4v) is 5.86. The largest absolute Gasteiger partial charge is 0.375 e. The van der Waals surface area contributed by atoms with Gasteiger partial charge in [-0.25, -0.2) is 9.37 Å². The number of nitrogens with two attached hydrogens (primary N) is 1. The van der Waals surface area contributed by atoms with Gasteiger partial charge in [-0.1, -0.05) is 29.4 Å². The van der Waals surface area contributed by atoms with Gasteiger partial charge in [0.25, 0.3) is 0 Å². The third kappa shape index (κ3) is 3.32. The summed E-state index contributed by atoms with van der Waals surface area (Å²) in [6.07, 6.45) is 3.70. The van der Waals surface area contributed by atoms with E-state index in [9.17, 15) is 4.39 Å². The Hall–Kier alpha value is -1.73. The molecular formula is C22H23ClFN3OS. The van der Waals surface area contributed by atoms with Crippen LogP contribution in [0.5, 0.6) is 0 Å². The zero-order valence-electron chi connectivity index (χ0n) is 16.3. The second-order valence-corrected chi connectivity index (χ2v) is 9.39.